The standard InChI is InChI=1S/C17H23N3O2/c1-5-20-15(10-13(3)19-20)17(21)18-9-8-14-7-6-12(2)16(11-14)22-4/h6-7,10-11H,5,8-9H2,1-4H3,(H,18,21). The summed E-state index contributed by atoms with van der Waals surface area (Å²) < 4.78 is 7.04. The van der Waals surface area contributed by atoms with Gasteiger partial charge in [-0.15, -0.1) is 0 Å². The van der Waals surface area contributed by atoms with Crippen LogP contribution in [0.25, 0.3) is 0 Å². The van der Waals surface area contributed by atoms with Crippen LogP contribution in [-0.4, -0.2) is 29.3 Å². The van der Waals surface area contributed by atoms with Gasteiger partial charge in [-0.3, -0.25) is 9.48 Å². The Morgan fingerprint density at radius 2 is 2.09 bits per heavy atom. The van der Waals surface area contributed by atoms with Gasteiger partial charge in [0.05, 0.1) is 12.8 Å². The molecule has 0 radical (unpaired) electrons. The van der Waals surface area contributed by atoms with E-state index in [-0.39, 0.29) is 5.91 Å². The quantitative estimate of drug-likeness (QED) is 0.892. The van der Waals surface area contributed by atoms with E-state index >= 15 is 0 Å². The average Bonchev–Trinajstić information content (AvgIpc) is 2.90. The first-order valence-corrected chi connectivity index (χ1v) is 7.51. The molecule has 1 heterocycles. The van der Waals surface area contributed by atoms with Crippen LogP contribution in [0.1, 0.15) is 34.2 Å². The molecular weight excluding hydrogens is 278 g/mol. The van der Waals surface area contributed by atoms with E-state index in [9.17, 15) is 4.79 Å². The number of benzene rings is 1. The summed E-state index contributed by atoms with van der Waals surface area (Å²) in [5, 5.41) is 7.24. The van der Waals surface area contributed by atoms with Gasteiger partial charge < -0.3 is 10.1 Å². The minimum atomic E-state index is -0.0819. The lowest BCUT2D eigenvalue weighted by Crippen LogP contribution is -2.28. The summed E-state index contributed by atoms with van der Waals surface area (Å²) >= 11 is 0. The predicted octanol–water partition coefficient (Wildman–Crippen LogP) is 2.50. The molecule has 1 N–H and O–H groups in total. The smallest absolute Gasteiger partial charge is 0.269 e. The number of amides is 1. The Balaban J connectivity index is 1.94. The zero-order valence-corrected chi connectivity index (χ0v) is 13.6. The summed E-state index contributed by atoms with van der Waals surface area (Å²) in [4.78, 5) is 12.2. The molecule has 1 amide bonds. The number of aryl methyl sites for hydroxylation is 3. The number of carbonyl (C=O) groups is 1. The number of carbonyl (C=O) groups excluding carboxylic acids is 1. The first kappa shape index (κ1) is 16.1. The van der Waals surface area contributed by atoms with Gasteiger partial charge in [0.2, 0.25) is 0 Å². The van der Waals surface area contributed by atoms with Crippen LogP contribution < -0.4 is 10.1 Å². The molecular formula is C17H23N3O2. The molecule has 2 aromatic rings. The van der Waals surface area contributed by atoms with Crippen molar-refractivity contribution < 1.29 is 9.53 Å². The summed E-state index contributed by atoms with van der Waals surface area (Å²) in [5.74, 6) is 0.796. The van der Waals surface area contributed by atoms with E-state index < -0.39 is 0 Å². The number of nitrogens with zero attached hydrogens (tertiary/aromatic N) is 2. The van der Waals surface area contributed by atoms with E-state index in [2.05, 4.69) is 16.5 Å². The number of ether oxygens (including phenoxy) is 1. The van der Waals surface area contributed by atoms with E-state index in [1.54, 1.807) is 11.8 Å². The van der Waals surface area contributed by atoms with Gasteiger partial charge in [0.1, 0.15) is 11.4 Å². The molecule has 0 spiro atoms. The fourth-order valence-electron chi connectivity index (χ4n) is 2.40. The third kappa shape index (κ3) is 3.67. The zero-order chi connectivity index (χ0) is 16.1. The van der Waals surface area contributed by atoms with Crippen LogP contribution in [0.2, 0.25) is 0 Å². The minimum Gasteiger partial charge on any atom is -0.496 e. The molecule has 0 atom stereocenters. The van der Waals surface area contributed by atoms with Gasteiger partial charge in [-0.1, -0.05) is 12.1 Å². The first-order chi connectivity index (χ1) is 10.5. The number of methoxy groups -OCH3 is 1. The van der Waals surface area contributed by atoms with E-state index in [1.807, 2.05) is 39.0 Å². The van der Waals surface area contributed by atoms with Crippen molar-refractivity contribution in [3.8, 4) is 5.75 Å². The second-order valence-electron chi connectivity index (χ2n) is 5.30. The van der Waals surface area contributed by atoms with Crippen LogP contribution >= 0.6 is 0 Å². The van der Waals surface area contributed by atoms with Crippen LogP contribution in [0, 0.1) is 13.8 Å². The van der Waals surface area contributed by atoms with Gasteiger partial charge in [0.25, 0.3) is 5.91 Å². The van der Waals surface area contributed by atoms with E-state index in [0.29, 0.717) is 18.8 Å². The Hall–Kier alpha value is -2.30. The minimum absolute atomic E-state index is 0.0819. The number of hydrogen-bond acceptors (Lipinski definition) is 3. The molecule has 118 valence electrons. The van der Waals surface area contributed by atoms with Crippen LogP contribution in [-0.2, 0) is 13.0 Å². The zero-order valence-electron chi connectivity index (χ0n) is 13.6. The van der Waals surface area contributed by atoms with Gasteiger partial charge in [-0.25, -0.2) is 0 Å². The fourth-order valence-corrected chi connectivity index (χ4v) is 2.40. The maximum absolute atomic E-state index is 12.2. The molecule has 0 saturated heterocycles. The highest BCUT2D eigenvalue weighted by atomic mass is 16.5. The van der Waals surface area contributed by atoms with Crippen molar-refractivity contribution in [2.75, 3.05) is 13.7 Å². The van der Waals surface area contributed by atoms with Crippen molar-refractivity contribution >= 4 is 5.91 Å². The van der Waals surface area contributed by atoms with Crippen molar-refractivity contribution in [2.45, 2.75) is 33.7 Å². The summed E-state index contributed by atoms with van der Waals surface area (Å²) in [6.07, 6.45) is 0.766. The Morgan fingerprint density at radius 1 is 1.32 bits per heavy atom. The number of hydrogen-bond donors (Lipinski definition) is 1. The van der Waals surface area contributed by atoms with Gasteiger partial charge in [0.15, 0.2) is 0 Å². The summed E-state index contributed by atoms with van der Waals surface area (Å²) in [5.41, 5.74) is 3.72. The van der Waals surface area contributed by atoms with Crippen molar-refractivity contribution in [3.05, 3.63) is 46.8 Å². The SMILES string of the molecule is CCn1nc(C)cc1C(=O)NCCc1ccc(C)c(OC)c1. The molecule has 0 unspecified atom stereocenters. The lowest BCUT2D eigenvalue weighted by Gasteiger charge is -2.09. The molecule has 0 fully saturated rings. The Labute approximate surface area is 131 Å². The maximum Gasteiger partial charge on any atom is 0.269 e. The summed E-state index contributed by atoms with van der Waals surface area (Å²) in [6, 6.07) is 7.92. The van der Waals surface area contributed by atoms with Gasteiger partial charge in [0, 0.05) is 13.1 Å². The molecule has 0 aliphatic rings. The predicted molar refractivity (Wildman–Crippen MR) is 86.4 cm³/mol. The van der Waals surface area contributed by atoms with E-state index in [4.69, 9.17) is 4.74 Å². The second kappa shape index (κ2) is 7.11. The van der Waals surface area contributed by atoms with Crippen molar-refractivity contribution in [1.29, 1.82) is 0 Å². The Morgan fingerprint density at radius 3 is 2.77 bits per heavy atom. The topological polar surface area (TPSA) is 56.2 Å². The molecule has 0 aliphatic carbocycles. The lowest BCUT2D eigenvalue weighted by atomic mass is 10.1. The average molecular weight is 301 g/mol. The first-order valence-electron chi connectivity index (χ1n) is 7.51. The molecule has 0 bridgehead atoms. The lowest BCUT2D eigenvalue weighted by molar-refractivity contribution is 0.0943. The largest absolute Gasteiger partial charge is 0.496 e. The Bertz CT molecular complexity index is 662. The highest BCUT2D eigenvalue weighted by Crippen LogP contribution is 2.19. The van der Waals surface area contributed by atoms with Crippen molar-refractivity contribution in [2.24, 2.45) is 0 Å². The molecule has 22 heavy (non-hydrogen) atoms. The maximum atomic E-state index is 12.2. The fraction of sp³-hybridized carbons (Fsp3) is 0.412. The molecule has 0 saturated carbocycles. The normalized spacial score (nSPS) is 10.5. The number of rotatable bonds is 6. The second-order valence-corrected chi connectivity index (χ2v) is 5.30. The van der Waals surface area contributed by atoms with Gasteiger partial charge >= 0.3 is 0 Å². The van der Waals surface area contributed by atoms with Crippen molar-refractivity contribution in [3.63, 3.8) is 0 Å². The molecule has 1 aromatic carbocycles. The van der Waals surface area contributed by atoms with E-state index in [1.165, 1.54) is 0 Å². The molecule has 5 nitrogen and oxygen atoms in total. The molecule has 1 aromatic heterocycles. The van der Waals surface area contributed by atoms with Crippen LogP contribution in [0.4, 0.5) is 0 Å². The van der Waals surface area contributed by atoms with Crippen LogP contribution in [0.5, 0.6) is 5.75 Å². The molecule has 2 rings (SSSR count). The highest BCUT2D eigenvalue weighted by molar-refractivity contribution is 5.92. The third-order valence-corrected chi connectivity index (χ3v) is 3.61. The van der Waals surface area contributed by atoms with E-state index in [0.717, 1.165) is 29.0 Å². The van der Waals surface area contributed by atoms with Crippen LogP contribution in [0.15, 0.2) is 24.3 Å². The number of aromatic nitrogens is 2. The molecule has 0 aliphatic heterocycles. The third-order valence-electron chi connectivity index (χ3n) is 3.61. The monoisotopic (exact) mass is 301 g/mol. The summed E-state index contributed by atoms with van der Waals surface area (Å²) in [6.45, 7) is 7.15. The summed E-state index contributed by atoms with van der Waals surface area (Å²) in [7, 11) is 1.67. The Kier molecular flexibility index (Phi) is 5.20. The number of nitrogens with one attached hydrogen (secondary N) is 1. The van der Waals surface area contributed by atoms with Gasteiger partial charge in [-0.2, -0.15) is 5.10 Å². The van der Waals surface area contributed by atoms with Crippen LogP contribution in [0.3, 0.4) is 0 Å². The van der Waals surface area contributed by atoms with Crippen molar-refractivity contribution in [1.82, 2.24) is 15.1 Å². The van der Waals surface area contributed by atoms with Gasteiger partial charge in [-0.05, 0) is 50.5 Å². The highest BCUT2D eigenvalue weighted by Gasteiger charge is 2.12. The molecule has 5 heteroatoms.